The molecule has 0 aliphatic carbocycles. The van der Waals surface area contributed by atoms with Gasteiger partial charge in [0.15, 0.2) is 0 Å². The highest BCUT2D eigenvalue weighted by Crippen LogP contribution is 2.31. The van der Waals surface area contributed by atoms with E-state index in [0.29, 0.717) is 6.54 Å². The van der Waals surface area contributed by atoms with Crippen LogP contribution in [0, 0.1) is 12.8 Å². The molecule has 2 atom stereocenters. The van der Waals surface area contributed by atoms with Gasteiger partial charge >= 0.3 is 0 Å². The van der Waals surface area contributed by atoms with Gasteiger partial charge in [-0.1, -0.05) is 0 Å². The number of hydrogen-bond donors (Lipinski definition) is 2. The van der Waals surface area contributed by atoms with Crippen molar-refractivity contribution in [3.05, 3.63) is 21.9 Å². The number of hydrogen-bond acceptors (Lipinski definition) is 4. The first kappa shape index (κ1) is 14.5. The average molecular weight is 281 g/mol. The minimum atomic E-state index is 0.105. The predicted molar refractivity (Wildman–Crippen MR) is 79.2 cm³/mol. The van der Waals surface area contributed by atoms with Crippen LogP contribution >= 0.6 is 11.3 Å². The van der Waals surface area contributed by atoms with Gasteiger partial charge < -0.3 is 11.1 Å². The largest absolute Gasteiger partial charge is 0.359 e. The number of piperidine rings is 1. The number of amides is 1. The van der Waals surface area contributed by atoms with Crippen molar-refractivity contribution in [2.75, 3.05) is 26.7 Å². The van der Waals surface area contributed by atoms with E-state index in [1.165, 1.54) is 10.4 Å². The summed E-state index contributed by atoms with van der Waals surface area (Å²) >= 11 is 1.77. The molecule has 2 heterocycles. The summed E-state index contributed by atoms with van der Waals surface area (Å²) in [7, 11) is 1.71. The molecular weight excluding hydrogens is 258 g/mol. The first-order valence-corrected chi connectivity index (χ1v) is 7.75. The van der Waals surface area contributed by atoms with Crippen LogP contribution in [0.1, 0.15) is 29.3 Å². The summed E-state index contributed by atoms with van der Waals surface area (Å²) in [5, 5.41) is 4.88. The van der Waals surface area contributed by atoms with E-state index in [1.807, 2.05) is 0 Å². The lowest BCUT2D eigenvalue weighted by atomic mass is 9.95. The topological polar surface area (TPSA) is 58.4 Å². The van der Waals surface area contributed by atoms with Crippen molar-refractivity contribution in [3.8, 4) is 0 Å². The fraction of sp³-hybridized carbons (Fsp3) is 0.643. The molecule has 4 nitrogen and oxygen atoms in total. The van der Waals surface area contributed by atoms with Crippen molar-refractivity contribution < 1.29 is 4.79 Å². The van der Waals surface area contributed by atoms with Crippen LogP contribution in [0.25, 0.3) is 0 Å². The third-order valence-electron chi connectivity index (χ3n) is 3.94. The van der Waals surface area contributed by atoms with E-state index in [1.54, 1.807) is 18.4 Å². The molecule has 106 valence electrons. The minimum Gasteiger partial charge on any atom is -0.359 e. The quantitative estimate of drug-likeness (QED) is 0.879. The van der Waals surface area contributed by atoms with Crippen LogP contribution < -0.4 is 11.1 Å². The molecule has 2 unspecified atom stereocenters. The molecule has 1 fully saturated rings. The zero-order chi connectivity index (χ0) is 13.8. The summed E-state index contributed by atoms with van der Waals surface area (Å²) < 4.78 is 0. The maximum Gasteiger partial charge on any atom is 0.224 e. The molecule has 0 aromatic carbocycles. The second kappa shape index (κ2) is 6.50. The van der Waals surface area contributed by atoms with Gasteiger partial charge in [0, 0.05) is 25.0 Å². The van der Waals surface area contributed by atoms with Crippen molar-refractivity contribution in [3.63, 3.8) is 0 Å². The summed E-state index contributed by atoms with van der Waals surface area (Å²) in [6.45, 7) is 4.60. The van der Waals surface area contributed by atoms with E-state index < -0.39 is 0 Å². The van der Waals surface area contributed by atoms with Gasteiger partial charge in [0.05, 0.1) is 12.0 Å². The van der Waals surface area contributed by atoms with Crippen LogP contribution in [0.3, 0.4) is 0 Å². The highest BCUT2D eigenvalue weighted by atomic mass is 32.1. The van der Waals surface area contributed by atoms with Gasteiger partial charge in [-0.05, 0) is 43.3 Å². The normalized spacial score (nSPS) is 22.2. The number of nitrogens with one attached hydrogen (secondary N) is 1. The highest BCUT2D eigenvalue weighted by molar-refractivity contribution is 7.10. The molecule has 19 heavy (non-hydrogen) atoms. The number of aryl methyl sites for hydroxylation is 1. The first-order chi connectivity index (χ1) is 9.17. The first-order valence-electron chi connectivity index (χ1n) is 6.87. The third kappa shape index (κ3) is 3.16. The second-order valence-corrected chi connectivity index (χ2v) is 6.12. The lowest BCUT2D eigenvalue weighted by molar-refractivity contribution is -0.126. The van der Waals surface area contributed by atoms with Crippen molar-refractivity contribution in [1.82, 2.24) is 10.2 Å². The molecule has 0 bridgehead atoms. The van der Waals surface area contributed by atoms with Gasteiger partial charge in [-0.15, -0.1) is 11.3 Å². The number of nitrogens with two attached hydrogens (primary N) is 1. The smallest absolute Gasteiger partial charge is 0.224 e. The van der Waals surface area contributed by atoms with E-state index in [0.717, 1.165) is 25.9 Å². The van der Waals surface area contributed by atoms with Gasteiger partial charge in [0.2, 0.25) is 5.91 Å². The van der Waals surface area contributed by atoms with Crippen molar-refractivity contribution in [2.24, 2.45) is 11.7 Å². The van der Waals surface area contributed by atoms with Crippen LogP contribution in [0.2, 0.25) is 0 Å². The number of carbonyl (C=O) groups excluding carboxylic acids is 1. The Labute approximate surface area is 119 Å². The Morgan fingerprint density at radius 2 is 2.47 bits per heavy atom. The summed E-state index contributed by atoms with van der Waals surface area (Å²) in [5.41, 5.74) is 7.29. The molecule has 1 saturated heterocycles. The molecule has 5 heteroatoms. The molecule has 0 radical (unpaired) electrons. The highest BCUT2D eigenvalue weighted by Gasteiger charge is 2.30. The number of thiophene rings is 1. The predicted octanol–water partition coefficient (Wildman–Crippen LogP) is 1.51. The second-order valence-electron chi connectivity index (χ2n) is 5.17. The third-order valence-corrected chi connectivity index (χ3v) is 5.06. The van der Waals surface area contributed by atoms with Gasteiger partial charge in [-0.25, -0.2) is 0 Å². The fourth-order valence-electron chi connectivity index (χ4n) is 2.86. The molecule has 1 aromatic rings. The molecule has 1 aliphatic rings. The van der Waals surface area contributed by atoms with E-state index in [9.17, 15) is 4.79 Å². The van der Waals surface area contributed by atoms with E-state index in [4.69, 9.17) is 5.73 Å². The van der Waals surface area contributed by atoms with Gasteiger partial charge in [-0.2, -0.15) is 0 Å². The van der Waals surface area contributed by atoms with Crippen molar-refractivity contribution in [1.29, 1.82) is 0 Å². The lowest BCUT2D eigenvalue weighted by Gasteiger charge is -2.37. The monoisotopic (exact) mass is 281 g/mol. The zero-order valence-corrected chi connectivity index (χ0v) is 12.5. The Bertz CT molecular complexity index is 432. The Hall–Kier alpha value is -0.910. The maximum atomic E-state index is 11.8. The molecule has 3 N–H and O–H groups in total. The molecule has 0 saturated carbocycles. The van der Waals surface area contributed by atoms with Gasteiger partial charge in [-0.3, -0.25) is 9.69 Å². The summed E-state index contributed by atoms with van der Waals surface area (Å²) in [5.74, 6) is 0.261. The Kier molecular flexibility index (Phi) is 4.96. The molecule has 1 aromatic heterocycles. The number of nitrogens with zero attached hydrogens (tertiary/aromatic N) is 1. The van der Waals surface area contributed by atoms with Crippen molar-refractivity contribution in [2.45, 2.75) is 25.8 Å². The van der Waals surface area contributed by atoms with Crippen molar-refractivity contribution >= 4 is 17.2 Å². The van der Waals surface area contributed by atoms with Crippen LogP contribution in [0.4, 0.5) is 0 Å². The molecular formula is C14H23N3OS. The molecule has 1 aliphatic heterocycles. The fourth-order valence-corrected chi connectivity index (χ4v) is 3.93. The summed E-state index contributed by atoms with van der Waals surface area (Å²) in [6, 6.07) is 2.40. The number of likely N-dealkylation sites (tertiary alicyclic amines) is 1. The summed E-state index contributed by atoms with van der Waals surface area (Å²) in [6.07, 6.45) is 2.05. The van der Waals surface area contributed by atoms with Gasteiger partial charge in [0.25, 0.3) is 0 Å². The lowest BCUT2D eigenvalue weighted by Crippen LogP contribution is -2.45. The standard InChI is InChI=1S/C14H23N3OS/c1-10-5-7-19-13(10)12(8-15)17-6-3-4-11(9-17)14(18)16-2/h5,7,11-12H,3-4,6,8-9,15H2,1-2H3,(H,16,18). The zero-order valence-electron chi connectivity index (χ0n) is 11.7. The summed E-state index contributed by atoms with van der Waals surface area (Å²) in [4.78, 5) is 15.5. The minimum absolute atomic E-state index is 0.105. The number of rotatable bonds is 4. The van der Waals surface area contributed by atoms with Crippen LogP contribution in [-0.4, -0.2) is 37.5 Å². The van der Waals surface area contributed by atoms with E-state index in [2.05, 4.69) is 28.6 Å². The molecule has 1 amide bonds. The van der Waals surface area contributed by atoms with Crippen LogP contribution in [0.15, 0.2) is 11.4 Å². The Balaban J connectivity index is 2.11. The van der Waals surface area contributed by atoms with E-state index in [-0.39, 0.29) is 17.9 Å². The number of carbonyl (C=O) groups is 1. The Morgan fingerprint density at radius 1 is 1.68 bits per heavy atom. The van der Waals surface area contributed by atoms with Gasteiger partial charge in [0.1, 0.15) is 0 Å². The van der Waals surface area contributed by atoms with E-state index >= 15 is 0 Å². The molecule has 0 spiro atoms. The van der Waals surface area contributed by atoms with Crippen LogP contribution in [-0.2, 0) is 4.79 Å². The van der Waals surface area contributed by atoms with Crippen LogP contribution in [0.5, 0.6) is 0 Å². The average Bonchev–Trinajstić information content (AvgIpc) is 2.85. The SMILES string of the molecule is CNC(=O)C1CCCN(C(CN)c2sccc2C)C1. The Morgan fingerprint density at radius 3 is 3.05 bits per heavy atom. The molecule has 2 rings (SSSR count). The maximum absolute atomic E-state index is 11.8.